The lowest BCUT2D eigenvalue weighted by molar-refractivity contribution is -0.258. The first kappa shape index (κ1) is 27.7. The van der Waals surface area contributed by atoms with Gasteiger partial charge >= 0.3 is 6.18 Å². The van der Waals surface area contributed by atoms with Gasteiger partial charge < -0.3 is 15.3 Å². The molecule has 0 saturated carbocycles. The number of halogens is 3. The van der Waals surface area contributed by atoms with Crippen molar-refractivity contribution in [1.29, 1.82) is 0 Å². The molecule has 2 fully saturated rings. The predicted molar refractivity (Wildman–Crippen MR) is 135 cm³/mol. The summed E-state index contributed by atoms with van der Waals surface area (Å²) >= 11 is 4.31. The molecular weight excluding hydrogens is 529 g/mol. The van der Waals surface area contributed by atoms with Crippen LogP contribution in [0, 0.1) is 0 Å². The Bertz CT molecular complexity index is 1240. The Hall–Kier alpha value is -2.32. The number of carbonyl (C=O) groups is 1. The number of amides is 1. The lowest BCUT2D eigenvalue weighted by Crippen LogP contribution is -2.60. The third kappa shape index (κ3) is 5.75. The minimum atomic E-state index is -4.84. The summed E-state index contributed by atoms with van der Waals surface area (Å²) in [6.07, 6.45) is -4.84. The van der Waals surface area contributed by atoms with Crippen LogP contribution in [0.1, 0.15) is 12.5 Å². The zero-order valence-electron chi connectivity index (χ0n) is 20.1. The van der Waals surface area contributed by atoms with Gasteiger partial charge in [0.15, 0.2) is 5.60 Å². The number of nitrogens with one attached hydrogen (secondary N) is 1. The van der Waals surface area contributed by atoms with Crippen LogP contribution in [0.4, 0.5) is 18.9 Å². The van der Waals surface area contributed by atoms with Gasteiger partial charge in [0.05, 0.1) is 17.5 Å². The number of nitrogens with zero attached hydrogens (tertiary/aromatic N) is 3. The average molecular weight is 559 g/mol. The molecule has 2 aliphatic rings. The highest BCUT2D eigenvalue weighted by atomic mass is 32.2. The van der Waals surface area contributed by atoms with Crippen molar-refractivity contribution in [2.24, 2.45) is 0 Å². The standard InChI is InChI=1S/C24H29F3N4O4S2/c1-23(33,24(25,26)27)17-6-8-18(9-7-17)31-13-12-30(37(34,35)21-5-3-2-4-20(21)36)15-19(31)14-29-11-10-28-22(32)16-29/h2-9,19,33,36H,10-16H2,1H3,(H,28,32)/t19-,23-/m0/s1. The zero-order chi connectivity index (χ0) is 27.0. The van der Waals surface area contributed by atoms with E-state index in [4.69, 9.17) is 0 Å². The quantitative estimate of drug-likeness (QED) is 0.471. The molecule has 0 unspecified atom stereocenters. The van der Waals surface area contributed by atoms with Gasteiger partial charge in [-0.25, -0.2) is 8.42 Å². The van der Waals surface area contributed by atoms with E-state index in [2.05, 4.69) is 17.9 Å². The molecule has 2 aromatic carbocycles. The summed E-state index contributed by atoms with van der Waals surface area (Å²) in [5.74, 6) is -0.124. The van der Waals surface area contributed by atoms with E-state index in [1.807, 2.05) is 9.80 Å². The number of carbonyl (C=O) groups excluding carboxylic acids is 1. The Morgan fingerprint density at radius 1 is 1.08 bits per heavy atom. The molecule has 0 bridgehead atoms. The molecule has 37 heavy (non-hydrogen) atoms. The molecule has 1 amide bonds. The van der Waals surface area contributed by atoms with E-state index in [0.29, 0.717) is 37.1 Å². The fraction of sp³-hybridized carbons (Fsp3) is 0.458. The van der Waals surface area contributed by atoms with Gasteiger partial charge in [-0.05, 0) is 36.8 Å². The summed E-state index contributed by atoms with van der Waals surface area (Å²) in [6, 6.07) is 11.5. The minimum Gasteiger partial charge on any atom is -0.376 e. The van der Waals surface area contributed by atoms with Crippen LogP contribution in [0.3, 0.4) is 0 Å². The van der Waals surface area contributed by atoms with Crippen molar-refractivity contribution in [2.45, 2.75) is 34.5 Å². The highest BCUT2D eigenvalue weighted by Gasteiger charge is 2.51. The Balaban J connectivity index is 1.62. The van der Waals surface area contributed by atoms with Crippen molar-refractivity contribution in [3.05, 3.63) is 54.1 Å². The van der Waals surface area contributed by atoms with Gasteiger partial charge in [-0.3, -0.25) is 9.69 Å². The number of hydrogen-bond donors (Lipinski definition) is 3. The second kappa shape index (κ2) is 10.4. The second-order valence-electron chi connectivity index (χ2n) is 9.38. The summed E-state index contributed by atoms with van der Waals surface area (Å²) in [5, 5.41) is 12.8. The minimum absolute atomic E-state index is 0.0987. The molecule has 2 heterocycles. The van der Waals surface area contributed by atoms with Gasteiger partial charge in [0.25, 0.3) is 0 Å². The van der Waals surface area contributed by atoms with Crippen molar-refractivity contribution in [3.63, 3.8) is 0 Å². The molecule has 2 aromatic rings. The summed E-state index contributed by atoms with van der Waals surface area (Å²) < 4.78 is 68.1. The molecule has 0 radical (unpaired) electrons. The Labute approximate surface area is 219 Å². The van der Waals surface area contributed by atoms with Crippen LogP contribution in [0.5, 0.6) is 0 Å². The maximum atomic E-state index is 13.4. The molecule has 2 atom stereocenters. The molecule has 2 saturated heterocycles. The van der Waals surface area contributed by atoms with Crippen molar-refractivity contribution in [2.75, 3.05) is 50.7 Å². The number of benzene rings is 2. The van der Waals surface area contributed by atoms with Crippen LogP contribution in [0.2, 0.25) is 0 Å². The van der Waals surface area contributed by atoms with Gasteiger partial charge in [0.2, 0.25) is 15.9 Å². The van der Waals surface area contributed by atoms with Crippen molar-refractivity contribution in [3.8, 4) is 0 Å². The molecule has 13 heteroatoms. The number of sulfonamides is 1. The van der Waals surface area contributed by atoms with Gasteiger partial charge in [-0.1, -0.05) is 24.3 Å². The Kier molecular flexibility index (Phi) is 7.82. The lowest BCUT2D eigenvalue weighted by atomic mass is 9.95. The first-order valence-corrected chi connectivity index (χ1v) is 13.6. The predicted octanol–water partition coefficient (Wildman–Crippen LogP) is 2.06. The van der Waals surface area contributed by atoms with Crippen LogP contribution >= 0.6 is 12.6 Å². The smallest absolute Gasteiger partial charge is 0.376 e. The number of anilines is 1. The first-order chi connectivity index (χ1) is 17.3. The molecule has 2 aliphatic heterocycles. The molecule has 8 nitrogen and oxygen atoms in total. The van der Waals surface area contributed by atoms with Crippen LogP contribution in [-0.4, -0.2) is 86.7 Å². The maximum absolute atomic E-state index is 13.4. The van der Waals surface area contributed by atoms with Crippen molar-refractivity contribution >= 4 is 34.2 Å². The second-order valence-corrected chi connectivity index (χ2v) is 11.8. The highest BCUT2D eigenvalue weighted by Crippen LogP contribution is 2.39. The summed E-state index contributed by atoms with van der Waals surface area (Å²) in [6.45, 7) is 2.88. The SMILES string of the molecule is C[C@](O)(c1ccc(N2CCN(S(=O)(=O)c3ccccc3S)C[C@@H]2CN2CCNC(=O)C2)cc1)C(F)(F)F. The van der Waals surface area contributed by atoms with Gasteiger partial charge in [0.1, 0.15) is 0 Å². The highest BCUT2D eigenvalue weighted by molar-refractivity contribution is 7.90. The molecule has 2 N–H and O–H groups in total. The van der Waals surface area contributed by atoms with E-state index >= 15 is 0 Å². The zero-order valence-corrected chi connectivity index (χ0v) is 21.9. The fourth-order valence-corrected chi connectivity index (χ4v) is 6.70. The number of aliphatic hydroxyl groups is 1. The van der Waals surface area contributed by atoms with Crippen LogP contribution < -0.4 is 10.2 Å². The molecule has 0 aromatic heterocycles. The lowest BCUT2D eigenvalue weighted by Gasteiger charge is -2.44. The Morgan fingerprint density at radius 2 is 1.76 bits per heavy atom. The number of alkyl halides is 3. The number of hydrogen-bond acceptors (Lipinski definition) is 7. The third-order valence-corrected chi connectivity index (χ3v) is 9.29. The summed E-state index contributed by atoms with van der Waals surface area (Å²) in [4.78, 5) is 16.2. The number of thiol groups is 1. The maximum Gasteiger partial charge on any atom is 0.421 e. The van der Waals surface area contributed by atoms with Crippen LogP contribution in [0.25, 0.3) is 0 Å². The first-order valence-electron chi connectivity index (χ1n) is 11.7. The largest absolute Gasteiger partial charge is 0.421 e. The Morgan fingerprint density at radius 3 is 2.38 bits per heavy atom. The molecular formula is C24H29F3N4O4S2. The van der Waals surface area contributed by atoms with E-state index in [9.17, 15) is 31.5 Å². The van der Waals surface area contributed by atoms with Gasteiger partial charge in [-0.2, -0.15) is 17.5 Å². The van der Waals surface area contributed by atoms with E-state index in [1.54, 1.807) is 18.2 Å². The number of rotatable bonds is 6. The monoisotopic (exact) mass is 558 g/mol. The van der Waals surface area contributed by atoms with E-state index in [1.165, 1.54) is 34.6 Å². The number of piperazine rings is 2. The van der Waals surface area contributed by atoms with Crippen LogP contribution in [0.15, 0.2) is 58.3 Å². The van der Waals surface area contributed by atoms with Crippen molar-refractivity contribution < 1.29 is 31.5 Å². The van der Waals surface area contributed by atoms with Crippen LogP contribution in [-0.2, 0) is 20.4 Å². The third-order valence-electron chi connectivity index (χ3n) is 6.83. The average Bonchev–Trinajstić information content (AvgIpc) is 2.83. The summed E-state index contributed by atoms with van der Waals surface area (Å²) in [7, 11) is -3.85. The topological polar surface area (TPSA) is 93.2 Å². The molecule has 202 valence electrons. The fourth-order valence-electron chi connectivity index (χ4n) is 4.64. The normalized spacial score (nSPS) is 21.9. The van der Waals surface area contributed by atoms with Gasteiger partial charge in [0, 0.05) is 49.9 Å². The van der Waals surface area contributed by atoms with E-state index in [0.717, 1.165) is 0 Å². The van der Waals surface area contributed by atoms with E-state index < -0.39 is 21.8 Å². The van der Waals surface area contributed by atoms with Gasteiger partial charge in [-0.15, -0.1) is 12.6 Å². The van der Waals surface area contributed by atoms with Crippen molar-refractivity contribution in [1.82, 2.24) is 14.5 Å². The summed E-state index contributed by atoms with van der Waals surface area (Å²) in [5.41, 5.74) is -2.70. The van der Waals surface area contributed by atoms with E-state index in [-0.39, 0.29) is 48.6 Å². The molecule has 0 spiro atoms. The molecule has 4 rings (SSSR count). The molecule has 0 aliphatic carbocycles.